The van der Waals surface area contributed by atoms with Gasteiger partial charge < -0.3 is 14.1 Å². The van der Waals surface area contributed by atoms with Gasteiger partial charge in [-0.05, 0) is 21.5 Å². The van der Waals surface area contributed by atoms with Gasteiger partial charge in [0.1, 0.15) is 6.10 Å². The summed E-state index contributed by atoms with van der Waals surface area (Å²) in [5.41, 5.74) is -3.15. The molecule has 5 aromatic rings. The molecule has 5 rings (SSSR count). The number of aromatic amines is 2. The van der Waals surface area contributed by atoms with Crippen molar-refractivity contribution in [3.8, 4) is 5.88 Å². The highest BCUT2D eigenvalue weighted by Crippen LogP contribution is 2.43. The molecule has 240 valence electrons. The summed E-state index contributed by atoms with van der Waals surface area (Å²) in [5, 5.41) is 0.707. The highest BCUT2D eigenvalue weighted by atomic mass is 35.5. The van der Waals surface area contributed by atoms with Gasteiger partial charge in [-0.25, -0.2) is 9.78 Å². The number of rotatable bonds is 10. The number of hydrogen-bond donors (Lipinski definition) is 2. The van der Waals surface area contributed by atoms with Crippen molar-refractivity contribution >= 4 is 53.0 Å². The fourth-order valence-corrected chi connectivity index (χ4v) is 11.5. The molecular formula is C32H30ClF3N4O4SSi. The number of H-pyrrole nitrogens is 2. The molecule has 3 aromatic carbocycles. The molecule has 0 radical (unpaired) electrons. The van der Waals surface area contributed by atoms with Crippen LogP contribution in [0.15, 0.2) is 99.8 Å². The molecule has 46 heavy (non-hydrogen) atoms. The van der Waals surface area contributed by atoms with Gasteiger partial charge in [-0.2, -0.15) is 13.2 Å². The molecule has 0 unspecified atom stereocenters. The number of aromatic nitrogens is 4. The van der Waals surface area contributed by atoms with Crippen molar-refractivity contribution in [2.75, 3.05) is 12.4 Å². The monoisotopic (exact) mass is 686 g/mol. The van der Waals surface area contributed by atoms with Crippen molar-refractivity contribution in [2.45, 2.75) is 43.0 Å². The van der Waals surface area contributed by atoms with Gasteiger partial charge in [0, 0.05) is 18.1 Å². The van der Waals surface area contributed by atoms with Gasteiger partial charge in [-0.15, -0.1) is 11.8 Å². The van der Waals surface area contributed by atoms with Crippen molar-refractivity contribution < 1.29 is 22.3 Å². The van der Waals surface area contributed by atoms with Crippen molar-refractivity contribution in [1.82, 2.24) is 19.9 Å². The van der Waals surface area contributed by atoms with Gasteiger partial charge in [0.2, 0.25) is 5.88 Å². The van der Waals surface area contributed by atoms with Gasteiger partial charge in [-0.1, -0.05) is 93.0 Å². The molecule has 2 aromatic heterocycles. The second-order valence-electron chi connectivity index (χ2n) is 11.5. The van der Waals surface area contributed by atoms with Gasteiger partial charge in [-0.3, -0.25) is 14.8 Å². The minimum atomic E-state index is -4.86. The van der Waals surface area contributed by atoms with Crippen molar-refractivity contribution in [3.05, 3.63) is 117 Å². The Balaban J connectivity index is 1.57. The van der Waals surface area contributed by atoms with Gasteiger partial charge in [0.25, 0.3) is 13.9 Å². The van der Waals surface area contributed by atoms with Crippen LogP contribution in [0.3, 0.4) is 0 Å². The van der Waals surface area contributed by atoms with E-state index in [1.807, 2.05) is 65.6 Å². The standard InChI is InChI=1S/C32H30ClF3N4O4SSi/c1-31(2,3)46(21-10-6-4-7-11-21,22-12-8-5-9-13-22)43-18-20(44-25-17-37-14-15-38-25)19-45-28-26(33)24(32(34,35)36)16-23-27(28)39-30(42)40-29(23)41/h4-17,20H,18-19H2,1-3H3,(H2,39,40,41,42)/t20-/m0/s1. The molecular weight excluding hydrogens is 657 g/mol. The Kier molecular flexibility index (Phi) is 9.77. The molecule has 0 bridgehead atoms. The summed E-state index contributed by atoms with van der Waals surface area (Å²) in [4.78, 5) is 37.3. The van der Waals surface area contributed by atoms with Crippen molar-refractivity contribution in [3.63, 3.8) is 0 Å². The van der Waals surface area contributed by atoms with Gasteiger partial charge >= 0.3 is 11.9 Å². The lowest BCUT2D eigenvalue weighted by Gasteiger charge is -2.43. The molecule has 0 fully saturated rings. The number of alkyl halides is 3. The van der Waals surface area contributed by atoms with E-state index < -0.39 is 42.4 Å². The second-order valence-corrected chi connectivity index (χ2v) is 17.2. The fourth-order valence-electron chi connectivity index (χ4n) is 5.38. The fraction of sp³-hybridized carbons (Fsp3) is 0.250. The summed E-state index contributed by atoms with van der Waals surface area (Å²) in [6.45, 7) is 6.38. The Morgan fingerprint density at radius 3 is 2.13 bits per heavy atom. The Labute approximate surface area is 272 Å². The van der Waals surface area contributed by atoms with Crippen LogP contribution in [0.5, 0.6) is 5.88 Å². The van der Waals surface area contributed by atoms with Crippen LogP contribution in [0.25, 0.3) is 10.9 Å². The zero-order valence-electron chi connectivity index (χ0n) is 25.0. The van der Waals surface area contributed by atoms with E-state index in [1.165, 1.54) is 18.6 Å². The maximum absolute atomic E-state index is 14.0. The van der Waals surface area contributed by atoms with Crippen molar-refractivity contribution in [2.24, 2.45) is 0 Å². The lowest BCUT2D eigenvalue weighted by molar-refractivity contribution is -0.137. The number of nitrogens with one attached hydrogen (secondary N) is 2. The third-order valence-electron chi connectivity index (χ3n) is 7.38. The lowest BCUT2D eigenvalue weighted by Crippen LogP contribution is -2.67. The SMILES string of the molecule is CC(C)(C)[Si](OC[C@@H](CSc1c(Cl)c(C(F)(F)F)cc2c(=O)[nH]c(=O)[nH]c12)Oc1cnccn1)(c1ccccc1)c1ccccc1. The van der Waals surface area contributed by atoms with Crippen molar-refractivity contribution in [1.29, 1.82) is 0 Å². The van der Waals surface area contributed by atoms with Gasteiger partial charge in [0.15, 0.2) is 0 Å². The first-order valence-electron chi connectivity index (χ1n) is 14.2. The molecule has 0 saturated carbocycles. The first-order valence-corrected chi connectivity index (χ1v) is 17.4. The number of benzene rings is 3. The number of halogens is 4. The molecule has 14 heteroatoms. The zero-order chi connectivity index (χ0) is 33.1. The molecule has 0 aliphatic rings. The average Bonchev–Trinajstić information content (AvgIpc) is 3.01. The number of nitrogens with zero attached hydrogens (tertiary/aromatic N) is 2. The molecule has 0 aliphatic heterocycles. The summed E-state index contributed by atoms with van der Waals surface area (Å²) in [6, 6.07) is 20.5. The van der Waals surface area contributed by atoms with Crippen LogP contribution < -0.4 is 26.4 Å². The maximum Gasteiger partial charge on any atom is 0.417 e. The minimum absolute atomic E-state index is 0.0136. The van der Waals surface area contributed by atoms with Crippen LogP contribution in [0.2, 0.25) is 10.1 Å². The van der Waals surface area contributed by atoms with Gasteiger partial charge in [0.05, 0.1) is 39.2 Å². The number of thioether (sulfide) groups is 1. The Bertz CT molecular complexity index is 1880. The summed E-state index contributed by atoms with van der Waals surface area (Å²) < 4.78 is 55.3. The van der Waals surface area contributed by atoms with E-state index in [2.05, 4.69) is 35.7 Å². The van der Waals surface area contributed by atoms with Crippen LogP contribution >= 0.6 is 23.4 Å². The smallest absolute Gasteiger partial charge is 0.417 e. The van der Waals surface area contributed by atoms with E-state index in [1.54, 1.807) is 0 Å². The van der Waals surface area contributed by atoms with E-state index in [0.717, 1.165) is 22.1 Å². The molecule has 2 heterocycles. The quantitative estimate of drug-likeness (QED) is 0.141. The summed E-state index contributed by atoms with van der Waals surface area (Å²) in [7, 11) is -3.03. The first-order chi connectivity index (χ1) is 21.8. The van der Waals surface area contributed by atoms with Crippen LogP contribution in [0, 0.1) is 0 Å². The molecule has 0 spiro atoms. The van der Waals surface area contributed by atoms with E-state index in [9.17, 15) is 22.8 Å². The Morgan fingerprint density at radius 2 is 1.59 bits per heavy atom. The van der Waals surface area contributed by atoms with E-state index in [-0.39, 0.29) is 39.1 Å². The van der Waals surface area contributed by atoms with E-state index in [0.29, 0.717) is 6.07 Å². The molecule has 0 amide bonds. The molecule has 1 atom stereocenters. The first kappa shape index (κ1) is 33.5. The van der Waals surface area contributed by atoms with E-state index in [4.69, 9.17) is 20.8 Å². The Hall–Kier alpha value is -3.91. The third-order valence-corrected chi connectivity index (χ3v) is 14.1. The summed E-state index contributed by atoms with van der Waals surface area (Å²) in [5.74, 6) is 0.198. The zero-order valence-corrected chi connectivity index (χ0v) is 27.6. The van der Waals surface area contributed by atoms with E-state index >= 15 is 0 Å². The molecule has 8 nitrogen and oxygen atoms in total. The normalized spacial score (nSPS) is 13.1. The van der Waals surface area contributed by atoms with Crippen LogP contribution in [-0.2, 0) is 10.6 Å². The second kappa shape index (κ2) is 13.4. The number of ether oxygens (including phenoxy) is 1. The largest absolute Gasteiger partial charge is 0.470 e. The summed E-state index contributed by atoms with van der Waals surface area (Å²) >= 11 is 7.24. The highest BCUT2D eigenvalue weighted by Gasteiger charge is 2.50. The molecule has 0 aliphatic carbocycles. The lowest BCUT2D eigenvalue weighted by atomic mass is 10.1. The third kappa shape index (κ3) is 6.92. The number of fused-ring (bicyclic) bond motifs is 1. The predicted molar refractivity (Wildman–Crippen MR) is 176 cm³/mol. The molecule has 2 N–H and O–H groups in total. The highest BCUT2D eigenvalue weighted by molar-refractivity contribution is 7.99. The minimum Gasteiger partial charge on any atom is -0.470 e. The topological polar surface area (TPSA) is 110 Å². The van der Waals surface area contributed by atoms with Crippen LogP contribution in [0.1, 0.15) is 26.3 Å². The molecule has 0 saturated heterocycles. The predicted octanol–water partition coefficient (Wildman–Crippen LogP) is 5.79. The number of hydrogen-bond acceptors (Lipinski definition) is 7. The average molecular weight is 687 g/mol. The maximum atomic E-state index is 14.0. The summed E-state index contributed by atoms with van der Waals surface area (Å²) in [6.07, 6.45) is -1.28. The Morgan fingerprint density at radius 1 is 0.957 bits per heavy atom. The van der Waals surface area contributed by atoms with Crippen LogP contribution in [0.4, 0.5) is 13.2 Å². The van der Waals surface area contributed by atoms with Crippen LogP contribution in [-0.4, -0.2) is 46.7 Å².